The largest absolute Gasteiger partial charge is 0.488 e. The molecular weight excluding hydrogens is 645 g/mol. The van der Waals surface area contributed by atoms with Crippen molar-refractivity contribution < 1.29 is 9.53 Å². The third kappa shape index (κ3) is 6.75. The molecule has 5 rings (SSSR count). The van der Waals surface area contributed by atoms with Gasteiger partial charge in [-0.05, 0) is 62.7 Å². The number of carbonyl (C=O) groups is 1. The normalized spacial score (nSPS) is 14.4. The molecule has 212 valence electrons. The van der Waals surface area contributed by atoms with E-state index in [1.54, 1.807) is 28.6 Å². The Balaban J connectivity index is 1.57. The van der Waals surface area contributed by atoms with E-state index in [4.69, 9.17) is 38.0 Å². The Morgan fingerprint density at radius 3 is 2.63 bits per heavy atom. The second-order valence-corrected chi connectivity index (χ2v) is 12.4. The van der Waals surface area contributed by atoms with Gasteiger partial charge in [0, 0.05) is 42.8 Å². The number of fused-ring (bicyclic) bond motifs is 1. The van der Waals surface area contributed by atoms with Crippen LogP contribution in [-0.4, -0.2) is 26.4 Å². The van der Waals surface area contributed by atoms with Crippen molar-refractivity contribution in [1.82, 2.24) is 14.8 Å². The number of benzene rings is 3. The molecule has 2 N–H and O–H groups in total. The minimum atomic E-state index is -0.617. The number of nitrogens with zero attached hydrogens (tertiary/aromatic N) is 3. The molecule has 0 aliphatic carbocycles. The van der Waals surface area contributed by atoms with Gasteiger partial charge in [0.25, 0.3) is 5.91 Å². The molecule has 1 aliphatic heterocycles. The van der Waals surface area contributed by atoms with E-state index in [-0.39, 0.29) is 12.5 Å². The summed E-state index contributed by atoms with van der Waals surface area (Å²) in [6, 6.07) is 18.1. The predicted octanol–water partition coefficient (Wildman–Crippen LogP) is 8.66. The second-order valence-electron chi connectivity index (χ2n) is 9.60. The fourth-order valence-electron chi connectivity index (χ4n) is 4.46. The Labute approximate surface area is 261 Å². The number of carbonyl (C=O) groups excluding carboxylic acids is 1. The van der Waals surface area contributed by atoms with Crippen molar-refractivity contribution in [3.63, 3.8) is 0 Å². The molecule has 1 amide bonds. The number of anilines is 2. The summed E-state index contributed by atoms with van der Waals surface area (Å²) in [5.41, 5.74) is 4.53. The highest BCUT2D eigenvalue weighted by molar-refractivity contribution is 9.10. The van der Waals surface area contributed by atoms with Crippen molar-refractivity contribution >= 4 is 68.4 Å². The fraction of sp³-hybridized carbons (Fsp3) is 0.233. The van der Waals surface area contributed by atoms with Gasteiger partial charge in [0.1, 0.15) is 18.4 Å². The molecule has 41 heavy (non-hydrogen) atoms. The van der Waals surface area contributed by atoms with Crippen LogP contribution in [0.15, 0.2) is 81.6 Å². The Kier molecular flexibility index (Phi) is 9.28. The first-order valence-corrected chi connectivity index (χ1v) is 15.6. The highest BCUT2D eigenvalue weighted by atomic mass is 79.9. The van der Waals surface area contributed by atoms with E-state index in [0.717, 1.165) is 33.3 Å². The molecule has 1 aromatic heterocycles. The third-order valence-electron chi connectivity index (χ3n) is 6.49. The number of allylic oxidation sites excluding steroid dienone is 1. The number of halogens is 3. The van der Waals surface area contributed by atoms with E-state index in [1.165, 1.54) is 0 Å². The van der Waals surface area contributed by atoms with Crippen LogP contribution in [0.4, 0.5) is 11.6 Å². The molecule has 0 spiro atoms. The van der Waals surface area contributed by atoms with E-state index in [0.29, 0.717) is 43.9 Å². The first-order chi connectivity index (χ1) is 19.7. The number of hydrogen-bond donors (Lipinski definition) is 2. The zero-order chi connectivity index (χ0) is 29.1. The molecule has 3 aromatic carbocycles. The Bertz CT molecular complexity index is 1620. The van der Waals surface area contributed by atoms with Crippen LogP contribution in [0.5, 0.6) is 5.75 Å². The summed E-state index contributed by atoms with van der Waals surface area (Å²) in [6.45, 7) is 6.21. The maximum Gasteiger partial charge on any atom is 0.255 e. The molecular formula is C30H28BrCl2N5O2S. The second kappa shape index (κ2) is 12.9. The van der Waals surface area contributed by atoms with Crippen LogP contribution in [0, 0.1) is 6.92 Å². The molecule has 0 fully saturated rings. The van der Waals surface area contributed by atoms with E-state index >= 15 is 0 Å². The Morgan fingerprint density at radius 1 is 1.12 bits per heavy atom. The van der Waals surface area contributed by atoms with Crippen molar-refractivity contribution in [2.24, 2.45) is 0 Å². The van der Waals surface area contributed by atoms with Gasteiger partial charge in [0.2, 0.25) is 11.1 Å². The number of amides is 1. The number of ether oxygens (including phenoxy) is 1. The van der Waals surface area contributed by atoms with Gasteiger partial charge in [0.05, 0.1) is 5.57 Å². The first-order valence-electron chi connectivity index (χ1n) is 13.0. The van der Waals surface area contributed by atoms with Crippen LogP contribution in [0.25, 0.3) is 0 Å². The summed E-state index contributed by atoms with van der Waals surface area (Å²) in [6.07, 6.45) is 0.990. The van der Waals surface area contributed by atoms with Gasteiger partial charge in [-0.1, -0.05) is 81.6 Å². The van der Waals surface area contributed by atoms with Crippen molar-refractivity contribution in [2.45, 2.75) is 45.0 Å². The summed E-state index contributed by atoms with van der Waals surface area (Å²) >= 11 is 17.7. The van der Waals surface area contributed by atoms with Gasteiger partial charge < -0.3 is 15.4 Å². The zero-order valence-electron chi connectivity index (χ0n) is 22.7. The maximum absolute atomic E-state index is 13.9. The van der Waals surface area contributed by atoms with Crippen molar-refractivity contribution in [3.05, 3.63) is 103 Å². The maximum atomic E-state index is 13.9. The summed E-state index contributed by atoms with van der Waals surface area (Å²) in [5.74, 6) is 1.78. The van der Waals surface area contributed by atoms with Gasteiger partial charge in [-0.3, -0.25) is 4.79 Å². The van der Waals surface area contributed by atoms with Crippen LogP contribution in [-0.2, 0) is 11.4 Å². The quantitative estimate of drug-likeness (QED) is 0.173. The fourth-order valence-corrected chi connectivity index (χ4v) is 5.99. The molecule has 0 saturated carbocycles. The van der Waals surface area contributed by atoms with Gasteiger partial charge >= 0.3 is 0 Å². The SMILES string of the molecule is CCCSc1nc2n(n1)C(c1cc(Br)ccc1OCc1ccc(Cl)cc1Cl)C(C(=O)Nc1ccc(C)cc1)=C(C)N2. The summed E-state index contributed by atoms with van der Waals surface area (Å²) in [7, 11) is 0. The minimum Gasteiger partial charge on any atom is -0.488 e. The van der Waals surface area contributed by atoms with E-state index in [9.17, 15) is 4.79 Å². The lowest BCUT2D eigenvalue weighted by molar-refractivity contribution is -0.113. The molecule has 7 nitrogen and oxygen atoms in total. The summed E-state index contributed by atoms with van der Waals surface area (Å²) < 4.78 is 8.94. The lowest BCUT2D eigenvalue weighted by Gasteiger charge is -2.30. The highest BCUT2D eigenvalue weighted by Gasteiger charge is 2.36. The number of hydrogen-bond acceptors (Lipinski definition) is 6. The van der Waals surface area contributed by atoms with E-state index in [2.05, 4.69) is 33.5 Å². The molecule has 0 radical (unpaired) electrons. The lowest BCUT2D eigenvalue weighted by atomic mass is 9.94. The Morgan fingerprint density at radius 2 is 1.90 bits per heavy atom. The topological polar surface area (TPSA) is 81.1 Å². The third-order valence-corrected chi connectivity index (χ3v) is 8.61. The molecule has 0 bridgehead atoms. The van der Waals surface area contributed by atoms with Crippen molar-refractivity contribution in [1.29, 1.82) is 0 Å². The number of aromatic nitrogens is 3. The summed E-state index contributed by atoms with van der Waals surface area (Å²) in [4.78, 5) is 18.7. The van der Waals surface area contributed by atoms with Crippen LogP contribution in [0.1, 0.15) is 43.0 Å². The average molecular weight is 673 g/mol. The lowest BCUT2D eigenvalue weighted by Crippen LogP contribution is -2.31. The van der Waals surface area contributed by atoms with Crippen LogP contribution < -0.4 is 15.4 Å². The van der Waals surface area contributed by atoms with Crippen LogP contribution in [0.2, 0.25) is 10.0 Å². The first kappa shape index (κ1) is 29.5. The molecule has 1 atom stereocenters. The van der Waals surface area contributed by atoms with Crippen LogP contribution in [0.3, 0.4) is 0 Å². The molecule has 1 unspecified atom stereocenters. The Hall–Kier alpha value is -2.98. The van der Waals surface area contributed by atoms with Crippen molar-refractivity contribution in [3.8, 4) is 5.75 Å². The van der Waals surface area contributed by atoms with Crippen LogP contribution >= 0.6 is 50.9 Å². The minimum absolute atomic E-state index is 0.213. The standard InChI is InChI=1S/C30H28BrCl2N5O2S/c1-4-13-41-30-36-29-34-18(3)26(28(39)35-22-10-5-17(2)6-11-22)27(38(29)37-30)23-14-20(31)8-12-25(23)40-16-19-7-9-21(32)15-24(19)33/h5-12,14-15,27H,4,13,16H2,1-3H3,(H,35,39)(H,34,36,37). The number of aryl methyl sites for hydroxylation is 1. The number of nitrogens with one attached hydrogen (secondary N) is 2. The predicted molar refractivity (Wildman–Crippen MR) is 170 cm³/mol. The number of thioether (sulfide) groups is 1. The van der Waals surface area contributed by atoms with Gasteiger partial charge in [0.15, 0.2) is 0 Å². The summed E-state index contributed by atoms with van der Waals surface area (Å²) in [5, 5.41) is 12.9. The molecule has 4 aromatic rings. The molecule has 2 heterocycles. The smallest absolute Gasteiger partial charge is 0.255 e. The van der Waals surface area contributed by atoms with Gasteiger partial charge in [-0.15, -0.1) is 5.10 Å². The highest BCUT2D eigenvalue weighted by Crippen LogP contribution is 2.41. The molecule has 1 aliphatic rings. The van der Waals surface area contributed by atoms with E-state index < -0.39 is 6.04 Å². The molecule has 0 saturated heterocycles. The zero-order valence-corrected chi connectivity index (χ0v) is 26.6. The average Bonchev–Trinajstić information content (AvgIpc) is 3.34. The monoisotopic (exact) mass is 671 g/mol. The van der Waals surface area contributed by atoms with E-state index in [1.807, 2.05) is 62.4 Å². The molecule has 11 heteroatoms. The number of rotatable bonds is 9. The van der Waals surface area contributed by atoms with Crippen molar-refractivity contribution in [2.75, 3.05) is 16.4 Å². The van der Waals surface area contributed by atoms with Gasteiger partial charge in [-0.2, -0.15) is 4.98 Å². The van der Waals surface area contributed by atoms with Gasteiger partial charge in [-0.25, -0.2) is 4.68 Å².